The highest BCUT2D eigenvalue weighted by Gasteiger charge is 2.16. The maximum absolute atomic E-state index is 11.2. The van der Waals surface area contributed by atoms with E-state index in [1.165, 1.54) is 0 Å². The first kappa shape index (κ1) is 13.2. The predicted molar refractivity (Wildman–Crippen MR) is 70.6 cm³/mol. The average molecular weight is 248 g/mol. The van der Waals surface area contributed by atoms with E-state index in [0.717, 1.165) is 16.2 Å². The van der Waals surface area contributed by atoms with Crippen LogP contribution in [0.3, 0.4) is 0 Å². The van der Waals surface area contributed by atoms with Gasteiger partial charge >= 0.3 is 0 Å². The van der Waals surface area contributed by atoms with Crippen molar-refractivity contribution in [3.8, 4) is 0 Å². The van der Waals surface area contributed by atoms with Crippen LogP contribution in [0.4, 0.5) is 0 Å². The smallest absolute Gasteiger partial charge is 0.101 e. The van der Waals surface area contributed by atoms with E-state index in [1.54, 1.807) is 0 Å². The molecule has 0 radical (unpaired) electrons. The molecule has 4 nitrogen and oxygen atoms in total. The van der Waals surface area contributed by atoms with Crippen molar-refractivity contribution >= 4 is 6.08 Å². The summed E-state index contributed by atoms with van der Waals surface area (Å²) in [4.78, 5) is 0. The van der Waals surface area contributed by atoms with Gasteiger partial charge in [-0.15, -0.1) is 0 Å². The zero-order chi connectivity index (χ0) is 12.8. The summed E-state index contributed by atoms with van der Waals surface area (Å²) in [5.74, 6) is 0. The van der Waals surface area contributed by atoms with E-state index in [0.29, 0.717) is 32.8 Å². The van der Waals surface area contributed by atoms with Crippen LogP contribution < -0.4 is 0 Å². The van der Waals surface area contributed by atoms with Crippen LogP contribution in [0.25, 0.3) is 6.08 Å². The van der Waals surface area contributed by atoms with Crippen LogP contribution in [0.5, 0.6) is 0 Å². The summed E-state index contributed by atoms with van der Waals surface area (Å²) < 4.78 is 10.8. The average Bonchev–Trinajstić information content (AvgIpc) is 2.81. The molecular formula is C14H18NO3-. The standard InChI is InChI=1S/C14H18NO3/c1-2-12-3-5-13(6-4-12)11-17-9-7-14-15(16)8-10-18-14/h2-6,14H,1,7-11H2/q-1. The Morgan fingerprint density at radius 3 is 2.83 bits per heavy atom. The molecule has 2 rings (SSSR count). The van der Waals surface area contributed by atoms with Gasteiger partial charge in [0.25, 0.3) is 0 Å². The minimum atomic E-state index is -0.326. The Bertz CT molecular complexity index is 377. The monoisotopic (exact) mass is 248 g/mol. The van der Waals surface area contributed by atoms with Crippen LogP contribution in [-0.2, 0) is 16.1 Å². The van der Waals surface area contributed by atoms with Crippen molar-refractivity contribution < 1.29 is 9.47 Å². The van der Waals surface area contributed by atoms with Crippen molar-refractivity contribution in [2.75, 3.05) is 19.8 Å². The predicted octanol–water partition coefficient (Wildman–Crippen LogP) is 2.39. The van der Waals surface area contributed by atoms with Crippen molar-refractivity contribution in [1.82, 2.24) is 5.06 Å². The second-order valence-electron chi connectivity index (χ2n) is 4.25. The lowest BCUT2D eigenvalue weighted by molar-refractivity contribution is 0.0142. The molecule has 98 valence electrons. The zero-order valence-electron chi connectivity index (χ0n) is 10.4. The number of nitrogens with zero attached hydrogens (tertiary/aromatic N) is 1. The zero-order valence-corrected chi connectivity index (χ0v) is 10.4. The molecule has 4 heteroatoms. The van der Waals surface area contributed by atoms with E-state index in [4.69, 9.17) is 9.47 Å². The Balaban J connectivity index is 1.66. The van der Waals surface area contributed by atoms with E-state index in [-0.39, 0.29) is 6.23 Å². The summed E-state index contributed by atoms with van der Waals surface area (Å²) in [5, 5.41) is 12.2. The van der Waals surface area contributed by atoms with Crippen LogP contribution in [0, 0.1) is 5.21 Å². The summed E-state index contributed by atoms with van der Waals surface area (Å²) in [6, 6.07) is 8.04. The van der Waals surface area contributed by atoms with Crippen LogP contribution in [-0.4, -0.2) is 31.0 Å². The van der Waals surface area contributed by atoms with Crippen molar-refractivity contribution in [3.05, 3.63) is 47.2 Å². The third-order valence-corrected chi connectivity index (χ3v) is 2.94. The number of hydrogen-bond acceptors (Lipinski definition) is 4. The molecule has 1 aliphatic heterocycles. The Morgan fingerprint density at radius 2 is 2.22 bits per heavy atom. The molecule has 0 amide bonds. The molecule has 18 heavy (non-hydrogen) atoms. The van der Waals surface area contributed by atoms with Gasteiger partial charge in [-0.05, 0) is 11.1 Å². The first-order valence-corrected chi connectivity index (χ1v) is 6.14. The van der Waals surface area contributed by atoms with Gasteiger partial charge in [0.1, 0.15) is 6.23 Å². The molecule has 0 spiro atoms. The summed E-state index contributed by atoms with van der Waals surface area (Å²) >= 11 is 0. The minimum Gasteiger partial charge on any atom is -0.783 e. The first-order chi connectivity index (χ1) is 8.79. The summed E-state index contributed by atoms with van der Waals surface area (Å²) in [6.07, 6.45) is 2.10. The first-order valence-electron chi connectivity index (χ1n) is 6.14. The van der Waals surface area contributed by atoms with Crippen molar-refractivity contribution in [1.29, 1.82) is 0 Å². The molecule has 1 aromatic rings. The summed E-state index contributed by atoms with van der Waals surface area (Å²) in [7, 11) is 0. The van der Waals surface area contributed by atoms with Gasteiger partial charge in [0.2, 0.25) is 0 Å². The number of rotatable bonds is 6. The van der Waals surface area contributed by atoms with E-state index < -0.39 is 0 Å². The Morgan fingerprint density at radius 1 is 1.44 bits per heavy atom. The lowest BCUT2D eigenvalue weighted by Crippen LogP contribution is -2.25. The number of hydroxylamine groups is 2. The SMILES string of the molecule is C=Cc1ccc(COCCC2OCCN2[O-])cc1. The normalized spacial score (nSPS) is 20.2. The molecule has 0 N–H and O–H groups in total. The molecular weight excluding hydrogens is 230 g/mol. The van der Waals surface area contributed by atoms with Crippen molar-refractivity contribution in [3.63, 3.8) is 0 Å². The maximum Gasteiger partial charge on any atom is 0.101 e. The highest BCUT2D eigenvalue weighted by atomic mass is 16.6. The van der Waals surface area contributed by atoms with Crippen molar-refractivity contribution in [2.24, 2.45) is 0 Å². The van der Waals surface area contributed by atoms with Gasteiger partial charge in [0.15, 0.2) is 0 Å². The molecule has 0 saturated carbocycles. The maximum atomic E-state index is 11.2. The third kappa shape index (κ3) is 3.65. The Kier molecular flexibility index (Phi) is 4.90. The lowest BCUT2D eigenvalue weighted by atomic mass is 10.1. The molecule has 1 heterocycles. The number of benzene rings is 1. The van der Waals surface area contributed by atoms with E-state index >= 15 is 0 Å². The van der Waals surface area contributed by atoms with E-state index in [1.807, 2.05) is 30.3 Å². The summed E-state index contributed by atoms with van der Waals surface area (Å²) in [6.45, 7) is 5.79. The number of hydrogen-bond donors (Lipinski definition) is 0. The van der Waals surface area contributed by atoms with E-state index in [2.05, 4.69) is 6.58 Å². The highest BCUT2D eigenvalue weighted by Crippen LogP contribution is 2.12. The van der Waals surface area contributed by atoms with Gasteiger partial charge in [-0.2, -0.15) is 0 Å². The fourth-order valence-corrected chi connectivity index (χ4v) is 1.86. The Labute approximate surface area is 107 Å². The molecule has 0 aromatic heterocycles. The molecule has 1 aromatic carbocycles. The third-order valence-electron chi connectivity index (χ3n) is 2.94. The van der Waals surface area contributed by atoms with Crippen LogP contribution >= 0.6 is 0 Å². The second kappa shape index (κ2) is 6.66. The molecule has 1 unspecified atom stereocenters. The molecule has 0 aliphatic carbocycles. The van der Waals surface area contributed by atoms with E-state index in [9.17, 15) is 5.21 Å². The van der Waals surface area contributed by atoms with Gasteiger partial charge < -0.3 is 19.7 Å². The second-order valence-corrected chi connectivity index (χ2v) is 4.25. The van der Waals surface area contributed by atoms with Gasteiger partial charge in [-0.1, -0.05) is 36.9 Å². The lowest BCUT2D eigenvalue weighted by Gasteiger charge is -2.27. The van der Waals surface area contributed by atoms with Gasteiger partial charge in [-0.25, -0.2) is 0 Å². The molecule has 1 atom stereocenters. The minimum absolute atomic E-state index is 0.326. The molecule has 1 fully saturated rings. The fourth-order valence-electron chi connectivity index (χ4n) is 1.86. The fraction of sp³-hybridized carbons (Fsp3) is 0.429. The van der Waals surface area contributed by atoms with Gasteiger partial charge in [0, 0.05) is 13.0 Å². The topological polar surface area (TPSA) is 44.8 Å². The van der Waals surface area contributed by atoms with Gasteiger partial charge in [-0.3, -0.25) is 0 Å². The van der Waals surface area contributed by atoms with Crippen molar-refractivity contribution in [2.45, 2.75) is 19.3 Å². The largest absolute Gasteiger partial charge is 0.783 e. The quantitative estimate of drug-likeness (QED) is 0.725. The molecule has 1 saturated heterocycles. The van der Waals surface area contributed by atoms with Gasteiger partial charge in [0.05, 0.1) is 19.8 Å². The van der Waals surface area contributed by atoms with Crippen LogP contribution in [0.1, 0.15) is 17.5 Å². The molecule has 0 bridgehead atoms. The summed E-state index contributed by atoms with van der Waals surface area (Å²) in [5.41, 5.74) is 2.21. The highest BCUT2D eigenvalue weighted by molar-refractivity contribution is 5.47. The number of ether oxygens (including phenoxy) is 2. The van der Waals surface area contributed by atoms with Crippen LogP contribution in [0.15, 0.2) is 30.8 Å². The molecule has 1 aliphatic rings. The Hall–Kier alpha value is -1.20. The van der Waals surface area contributed by atoms with Crippen LogP contribution in [0.2, 0.25) is 0 Å².